The Kier molecular flexibility index (Phi) is 3.00. The Hall–Kier alpha value is -0.220. The van der Waals surface area contributed by atoms with E-state index in [1.54, 1.807) is 0 Å². The van der Waals surface area contributed by atoms with Gasteiger partial charge in [-0.05, 0) is 0 Å². The summed E-state index contributed by atoms with van der Waals surface area (Å²) in [6.45, 7) is 0. The molecule has 0 bridgehead atoms. The van der Waals surface area contributed by atoms with Crippen molar-refractivity contribution in [2.24, 2.45) is 0 Å². The van der Waals surface area contributed by atoms with Crippen LogP contribution in [-0.2, 0) is 4.79 Å². The highest BCUT2D eigenvalue weighted by molar-refractivity contribution is 7.58. The molecule has 0 saturated carbocycles. The lowest BCUT2D eigenvalue weighted by atomic mass is 11.0. The molecule has 0 atom stereocenters. The minimum Gasteiger partial charge on any atom is -0.309 e. The van der Waals surface area contributed by atoms with Crippen LogP contribution in [0.5, 0.6) is 0 Å². The second-order valence-corrected chi connectivity index (χ2v) is 3.36. The van der Waals surface area contributed by atoms with Crippen molar-refractivity contribution in [3.63, 3.8) is 0 Å². The number of hydrogen-bond acceptors (Lipinski definition) is 4. The van der Waals surface area contributed by atoms with Crippen LogP contribution in [0.15, 0.2) is 0 Å². The Morgan fingerprint density at radius 2 is 2.00 bits per heavy atom. The van der Waals surface area contributed by atoms with Crippen LogP contribution in [-0.4, -0.2) is 39.3 Å². The predicted molar refractivity (Wildman–Crippen MR) is 32.3 cm³/mol. The van der Waals surface area contributed by atoms with E-state index in [2.05, 4.69) is 0 Å². The highest BCUT2D eigenvalue weighted by atomic mass is 31.2. The number of rotatable bonds is 3. The van der Waals surface area contributed by atoms with Crippen molar-refractivity contribution < 1.29 is 19.5 Å². The maximum absolute atomic E-state index is 9.79. The lowest BCUT2D eigenvalue weighted by Crippen LogP contribution is -2.19. The lowest BCUT2D eigenvalue weighted by Gasteiger charge is -2.09. The molecule has 0 aliphatic rings. The summed E-state index contributed by atoms with van der Waals surface area (Å²) in [6, 6.07) is 0. The Bertz CT molecular complexity index is 100. The molecule has 5 nitrogen and oxygen atoms in total. The van der Waals surface area contributed by atoms with E-state index < -0.39 is 14.2 Å². The van der Waals surface area contributed by atoms with Gasteiger partial charge in [-0.2, -0.15) is 14.7 Å². The molecule has 0 radical (unpaired) electrons. The summed E-state index contributed by atoms with van der Waals surface area (Å²) >= 11 is 0. The number of amides is 1. The molecule has 0 saturated heterocycles. The van der Waals surface area contributed by atoms with Crippen molar-refractivity contribution >= 4 is 14.4 Å². The zero-order valence-corrected chi connectivity index (χ0v) is 5.82. The number of carbonyl (C=O) groups is 1. The maximum Gasteiger partial charge on any atom is 0.424 e. The Morgan fingerprint density at radius 1 is 1.56 bits per heavy atom. The summed E-state index contributed by atoms with van der Waals surface area (Å²) in [4.78, 5) is 35.8. The molecule has 0 aromatic rings. The number of carbonyl (C=O) groups excluding carboxylic acids is 1. The summed E-state index contributed by atoms with van der Waals surface area (Å²) < 4.78 is 0. The molecule has 0 aromatic carbocycles. The standard InChI is InChI=1S/C3H9NO4P/c1-4(2-5)3-9(6,7)8/h2,6-8H,3H2,1H3/q+1. The lowest BCUT2D eigenvalue weighted by molar-refractivity contribution is -0.116. The van der Waals surface area contributed by atoms with Crippen LogP contribution < -0.4 is 0 Å². The molecule has 1 amide bonds. The van der Waals surface area contributed by atoms with E-state index in [-0.39, 0.29) is 0 Å². The summed E-state index contributed by atoms with van der Waals surface area (Å²) in [5.41, 5.74) is 0. The van der Waals surface area contributed by atoms with Crippen LogP contribution in [0.3, 0.4) is 0 Å². The van der Waals surface area contributed by atoms with E-state index in [0.717, 1.165) is 4.90 Å². The van der Waals surface area contributed by atoms with E-state index in [9.17, 15) is 4.79 Å². The fourth-order valence-electron chi connectivity index (χ4n) is 0.333. The first kappa shape index (κ1) is 8.78. The first-order chi connectivity index (χ1) is 3.95. The van der Waals surface area contributed by atoms with Gasteiger partial charge in [0.2, 0.25) is 12.7 Å². The van der Waals surface area contributed by atoms with Gasteiger partial charge in [0, 0.05) is 7.05 Å². The highest BCUT2D eigenvalue weighted by Crippen LogP contribution is 2.44. The van der Waals surface area contributed by atoms with Crippen LogP contribution in [0, 0.1) is 0 Å². The van der Waals surface area contributed by atoms with Crippen LogP contribution >= 0.6 is 7.94 Å². The molecule has 3 N–H and O–H groups in total. The van der Waals surface area contributed by atoms with Gasteiger partial charge in [-0.25, -0.2) is 0 Å². The highest BCUT2D eigenvalue weighted by Gasteiger charge is 2.31. The van der Waals surface area contributed by atoms with Crippen molar-refractivity contribution in [1.29, 1.82) is 0 Å². The van der Waals surface area contributed by atoms with Crippen LogP contribution in [0.4, 0.5) is 0 Å². The summed E-state index contributed by atoms with van der Waals surface area (Å²) in [5, 5.41) is 0. The molecule has 0 aliphatic heterocycles. The van der Waals surface area contributed by atoms with Gasteiger partial charge in [0.25, 0.3) is 0 Å². The van der Waals surface area contributed by atoms with Gasteiger partial charge in [-0.1, -0.05) is 0 Å². The van der Waals surface area contributed by atoms with Crippen molar-refractivity contribution in [1.82, 2.24) is 4.90 Å². The molecule has 9 heavy (non-hydrogen) atoms. The third-order valence-corrected chi connectivity index (χ3v) is 1.42. The van der Waals surface area contributed by atoms with Gasteiger partial charge in [0.05, 0.1) is 0 Å². The average molecular weight is 154 g/mol. The summed E-state index contributed by atoms with van der Waals surface area (Å²) in [7, 11) is -2.46. The van der Waals surface area contributed by atoms with Gasteiger partial charge in [0.15, 0.2) is 0 Å². The van der Waals surface area contributed by atoms with E-state index in [1.807, 2.05) is 0 Å². The Balaban J connectivity index is 3.59. The third kappa shape index (κ3) is 5.65. The van der Waals surface area contributed by atoms with Gasteiger partial charge in [0.1, 0.15) is 0 Å². The minimum absolute atomic E-state index is 0.400. The molecule has 0 fully saturated rings. The largest absolute Gasteiger partial charge is 0.424 e. The van der Waals surface area contributed by atoms with Gasteiger partial charge in [-0.3, -0.25) is 4.79 Å². The quantitative estimate of drug-likeness (QED) is 0.351. The zero-order chi connectivity index (χ0) is 7.49. The van der Waals surface area contributed by atoms with Gasteiger partial charge >= 0.3 is 7.94 Å². The molecule has 0 unspecified atom stereocenters. The molecule has 54 valence electrons. The number of hydrogen-bond donors (Lipinski definition) is 3. The van der Waals surface area contributed by atoms with Crippen molar-refractivity contribution in [3.05, 3.63) is 0 Å². The van der Waals surface area contributed by atoms with Crippen LogP contribution in [0.2, 0.25) is 0 Å². The maximum atomic E-state index is 9.79. The SMILES string of the molecule is CN(C=O)C[P+](O)(O)O. The van der Waals surface area contributed by atoms with Crippen LogP contribution in [0.25, 0.3) is 0 Å². The van der Waals surface area contributed by atoms with Crippen LogP contribution in [0.1, 0.15) is 0 Å². The molecular formula is C3H9NO4P+. The second-order valence-electron chi connectivity index (χ2n) is 1.70. The third-order valence-electron chi connectivity index (χ3n) is 0.593. The molecule has 0 aromatic heterocycles. The van der Waals surface area contributed by atoms with E-state index in [1.165, 1.54) is 7.05 Å². The second kappa shape index (κ2) is 3.08. The molecular weight excluding hydrogens is 145 g/mol. The van der Waals surface area contributed by atoms with Crippen molar-refractivity contribution in [2.75, 3.05) is 13.3 Å². The van der Waals surface area contributed by atoms with Crippen molar-refractivity contribution in [2.45, 2.75) is 0 Å². The predicted octanol–water partition coefficient (Wildman–Crippen LogP) is -1.23. The van der Waals surface area contributed by atoms with Gasteiger partial charge in [-0.15, -0.1) is 0 Å². The van der Waals surface area contributed by atoms with Gasteiger partial charge < -0.3 is 4.90 Å². The normalized spacial score (nSPS) is 11.1. The van der Waals surface area contributed by atoms with Crippen molar-refractivity contribution in [3.8, 4) is 0 Å². The molecule has 0 heterocycles. The minimum atomic E-state index is -3.79. The van der Waals surface area contributed by atoms with E-state index in [4.69, 9.17) is 14.7 Å². The first-order valence-corrected chi connectivity index (χ1v) is 4.01. The molecule has 0 rings (SSSR count). The average Bonchev–Trinajstić information content (AvgIpc) is 1.62. The van der Waals surface area contributed by atoms with E-state index >= 15 is 0 Å². The molecule has 0 spiro atoms. The Morgan fingerprint density at radius 3 is 2.11 bits per heavy atom. The zero-order valence-electron chi connectivity index (χ0n) is 4.93. The summed E-state index contributed by atoms with van der Waals surface area (Å²) in [6.07, 6.45) is -0.00604. The monoisotopic (exact) mass is 154 g/mol. The fourth-order valence-corrected chi connectivity index (χ4v) is 0.998. The first-order valence-electron chi connectivity index (χ1n) is 2.17. The van der Waals surface area contributed by atoms with E-state index in [0.29, 0.717) is 6.41 Å². The Labute approximate surface area is 53.1 Å². The smallest absolute Gasteiger partial charge is 0.309 e. The molecule has 0 aliphatic carbocycles. The summed E-state index contributed by atoms with van der Waals surface area (Å²) in [5.74, 6) is 0. The number of nitrogens with zero attached hydrogens (tertiary/aromatic N) is 1. The molecule has 6 heteroatoms. The fraction of sp³-hybridized carbons (Fsp3) is 0.667. The topological polar surface area (TPSA) is 81.0 Å².